The number of carboxylic acid groups (broad SMARTS) is 1. The molecule has 0 radical (unpaired) electrons. The molecule has 2 aliphatic rings. The first-order valence-corrected chi connectivity index (χ1v) is 13.9. The van der Waals surface area contributed by atoms with Crippen molar-refractivity contribution in [1.29, 1.82) is 0 Å². The van der Waals surface area contributed by atoms with Crippen molar-refractivity contribution in [3.63, 3.8) is 0 Å². The van der Waals surface area contributed by atoms with Gasteiger partial charge in [-0.25, -0.2) is 17.9 Å². The molecule has 1 saturated heterocycles. The van der Waals surface area contributed by atoms with Crippen LogP contribution in [0, 0.1) is 0 Å². The van der Waals surface area contributed by atoms with Crippen LogP contribution in [-0.4, -0.2) is 73.8 Å². The number of carbonyl (C=O) groups is 2. The Hall–Kier alpha value is -3.19. The highest BCUT2D eigenvalue weighted by Gasteiger charge is 2.36. The standard InChI is InChI=1S/C22H21N3O7S2/c26-21(24-8-10-33(29,30)11-9-24)14-4-3-5-15(12-14)25-20-16-6-1-2-7-18(16)34(31,32)13-17(20)19(23-25)22(27)28/h1-7,12,29-30H,8-11,13H2,(H,27,28). The van der Waals surface area contributed by atoms with E-state index in [-0.39, 0.29) is 46.7 Å². The first-order chi connectivity index (χ1) is 16.1. The molecular weight excluding hydrogens is 482 g/mol. The number of sulfone groups is 1. The second-order valence-corrected chi connectivity index (χ2v) is 12.6. The van der Waals surface area contributed by atoms with Gasteiger partial charge in [-0.2, -0.15) is 15.7 Å². The summed E-state index contributed by atoms with van der Waals surface area (Å²) in [5.41, 5.74) is 1.19. The van der Waals surface area contributed by atoms with Crippen LogP contribution in [0.5, 0.6) is 0 Å². The van der Waals surface area contributed by atoms with E-state index in [0.717, 1.165) is 0 Å². The molecule has 0 aliphatic carbocycles. The van der Waals surface area contributed by atoms with Crippen molar-refractivity contribution in [2.24, 2.45) is 0 Å². The van der Waals surface area contributed by atoms with E-state index in [1.807, 2.05) is 0 Å². The third-order valence-electron chi connectivity index (χ3n) is 6.00. The number of hydrogen-bond acceptors (Lipinski definition) is 7. The van der Waals surface area contributed by atoms with E-state index in [4.69, 9.17) is 0 Å². The van der Waals surface area contributed by atoms with Crippen LogP contribution in [0.2, 0.25) is 0 Å². The molecule has 34 heavy (non-hydrogen) atoms. The van der Waals surface area contributed by atoms with Gasteiger partial charge in [0.2, 0.25) is 0 Å². The first-order valence-electron chi connectivity index (χ1n) is 10.4. The molecule has 2 aliphatic heterocycles. The molecule has 0 atom stereocenters. The molecule has 10 nitrogen and oxygen atoms in total. The Morgan fingerprint density at radius 1 is 0.971 bits per heavy atom. The summed E-state index contributed by atoms with van der Waals surface area (Å²) in [6.45, 7) is 0.438. The Morgan fingerprint density at radius 3 is 2.38 bits per heavy atom. The molecule has 5 rings (SSSR count). The number of nitrogens with zero attached hydrogens (tertiary/aromatic N) is 3. The second-order valence-electron chi connectivity index (χ2n) is 8.20. The molecule has 1 fully saturated rings. The van der Waals surface area contributed by atoms with Gasteiger partial charge in [0.1, 0.15) is 0 Å². The highest BCUT2D eigenvalue weighted by molar-refractivity contribution is 8.24. The number of benzene rings is 2. The number of fused-ring (bicyclic) bond motifs is 3. The fourth-order valence-electron chi connectivity index (χ4n) is 4.31. The molecule has 0 bridgehead atoms. The van der Waals surface area contributed by atoms with Gasteiger partial charge in [-0.15, -0.1) is 0 Å². The number of hydrogen-bond donors (Lipinski definition) is 3. The quantitative estimate of drug-likeness (QED) is 0.494. The Bertz CT molecular complexity index is 1440. The fraction of sp³-hybridized carbons (Fsp3) is 0.227. The van der Waals surface area contributed by atoms with Crippen LogP contribution in [0.3, 0.4) is 0 Å². The highest BCUT2D eigenvalue weighted by Crippen LogP contribution is 2.41. The smallest absolute Gasteiger partial charge is 0.356 e. The number of rotatable bonds is 3. The molecule has 12 heteroatoms. The van der Waals surface area contributed by atoms with Crippen molar-refractivity contribution < 1.29 is 32.2 Å². The van der Waals surface area contributed by atoms with Crippen LogP contribution in [0.15, 0.2) is 53.4 Å². The molecule has 3 N–H and O–H groups in total. The summed E-state index contributed by atoms with van der Waals surface area (Å²) in [4.78, 5) is 26.6. The summed E-state index contributed by atoms with van der Waals surface area (Å²) < 4.78 is 46.6. The van der Waals surface area contributed by atoms with Gasteiger partial charge in [0, 0.05) is 29.8 Å². The lowest BCUT2D eigenvalue weighted by atomic mass is 10.1. The number of amides is 1. The molecule has 1 amide bonds. The number of carbonyl (C=O) groups excluding carboxylic acids is 1. The third kappa shape index (κ3) is 3.78. The van der Waals surface area contributed by atoms with E-state index in [1.54, 1.807) is 47.4 Å². The molecular formula is C22H21N3O7S2. The van der Waals surface area contributed by atoms with Crippen molar-refractivity contribution >= 4 is 32.3 Å². The largest absolute Gasteiger partial charge is 0.476 e. The maximum Gasteiger partial charge on any atom is 0.356 e. The molecule has 1 aromatic heterocycles. The summed E-state index contributed by atoms with van der Waals surface area (Å²) in [6, 6.07) is 12.8. The summed E-state index contributed by atoms with van der Waals surface area (Å²) in [6.07, 6.45) is 0. The van der Waals surface area contributed by atoms with Crippen molar-refractivity contribution in [1.82, 2.24) is 14.7 Å². The van der Waals surface area contributed by atoms with Gasteiger partial charge in [0.05, 0.1) is 33.5 Å². The zero-order valence-corrected chi connectivity index (χ0v) is 19.4. The lowest BCUT2D eigenvalue weighted by Crippen LogP contribution is -2.42. The van der Waals surface area contributed by atoms with E-state index >= 15 is 0 Å². The average molecular weight is 504 g/mol. The molecule has 2 aromatic carbocycles. The lowest BCUT2D eigenvalue weighted by molar-refractivity contribution is 0.0688. The summed E-state index contributed by atoms with van der Waals surface area (Å²) in [7, 11) is -6.39. The van der Waals surface area contributed by atoms with Gasteiger partial charge in [-0.3, -0.25) is 13.9 Å². The minimum absolute atomic E-state index is 0.0973. The van der Waals surface area contributed by atoms with Gasteiger partial charge in [0.25, 0.3) is 5.91 Å². The van der Waals surface area contributed by atoms with Crippen LogP contribution in [-0.2, 0) is 15.6 Å². The minimum Gasteiger partial charge on any atom is -0.476 e. The molecule has 0 saturated carbocycles. The molecule has 178 valence electrons. The van der Waals surface area contributed by atoms with E-state index in [0.29, 0.717) is 22.5 Å². The molecule has 0 spiro atoms. The monoisotopic (exact) mass is 503 g/mol. The number of aromatic nitrogens is 2. The minimum atomic E-state index is -3.74. The van der Waals surface area contributed by atoms with Crippen LogP contribution in [0.25, 0.3) is 16.9 Å². The zero-order chi connectivity index (χ0) is 24.3. The fourth-order valence-corrected chi connectivity index (χ4v) is 7.13. The zero-order valence-electron chi connectivity index (χ0n) is 17.8. The number of aromatic carboxylic acids is 1. The van der Waals surface area contributed by atoms with Crippen LogP contribution >= 0.6 is 10.6 Å². The van der Waals surface area contributed by atoms with E-state index < -0.39 is 32.1 Å². The summed E-state index contributed by atoms with van der Waals surface area (Å²) in [5.74, 6) is -1.88. The predicted octanol–water partition coefficient (Wildman–Crippen LogP) is 2.73. The second kappa shape index (κ2) is 7.94. The van der Waals surface area contributed by atoms with Gasteiger partial charge in [-0.05, 0) is 24.3 Å². The van der Waals surface area contributed by atoms with Crippen molar-refractivity contribution in [3.05, 3.63) is 65.4 Å². The topological polar surface area (TPSA) is 150 Å². The SMILES string of the molecule is O=C(O)c1nn(-c2cccc(C(=O)N3CCS(O)(O)CC3)c2)c2c1CS(=O)(=O)c1ccccc1-2. The maximum atomic E-state index is 13.0. The molecule has 3 heterocycles. The first kappa shape index (κ1) is 22.6. The predicted molar refractivity (Wildman–Crippen MR) is 125 cm³/mol. The maximum absolute atomic E-state index is 13.0. The Balaban J connectivity index is 1.61. The van der Waals surface area contributed by atoms with Gasteiger partial charge in [0.15, 0.2) is 15.5 Å². The highest BCUT2D eigenvalue weighted by atomic mass is 32.3. The van der Waals surface area contributed by atoms with Crippen LogP contribution in [0.1, 0.15) is 26.4 Å². The third-order valence-corrected chi connectivity index (χ3v) is 9.37. The van der Waals surface area contributed by atoms with E-state index in [1.165, 1.54) is 10.7 Å². The Labute approximate surface area is 196 Å². The Morgan fingerprint density at radius 2 is 1.68 bits per heavy atom. The van der Waals surface area contributed by atoms with Crippen LogP contribution < -0.4 is 0 Å². The Kier molecular flexibility index (Phi) is 5.28. The van der Waals surface area contributed by atoms with E-state index in [2.05, 4.69) is 5.10 Å². The summed E-state index contributed by atoms with van der Waals surface area (Å²) >= 11 is 0. The molecule has 3 aromatic rings. The van der Waals surface area contributed by atoms with E-state index in [9.17, 15) is 32.2 Å². The lowest BCUT2D eigenvalue weighted by Gasteiger charge is -2.40. The number of carboxylic acids is 1. The van der Waals surface area contributed by atoms with Crippen LogP contribution in [0.4, 0.5) is 0 Å². The average Bonchev–Trinajstić information content (AvgIpc) is 3.18. The van der Waals surface area contributed by atoms with Crippen molar-refractivity contribution in [2.75, 3.05) is 24.6 Å². The van der Waals surface area contributed by atoms with Gasteiger partial charge < -0.3 is 10.0 Å². The van der Waals surface area contributed by atoms with Gasteiger partial charge in [-0.1, -0.05) is 24.3 Å². The van der Waals surface area contributed by atoms with Crippen molar-refractivity contribution in [3.8, 4) is 16.9 Å². The summed E-state index contributed by atoms with van der Waals surface area (Å²) in [5, 5.41) is 13.9. The molecule has 0 unspecified atom stereocenters. The normalized spacial score (nSPS) is 19.1. The van der Waals surface area contributed by atoms with Gasteiger partial charge >= 0.3 is 5.97 Å². The van der Waals surface area contributed by atoms with Crippen molar-refractivity contribution in [2.45, 2.75) is 10.6 Å².